The normalized spacial score (nSPS) is 17.0. The molecule has 1 saturated heterocycles. The van der Waals surface area contributed by atoms with Gasteiger partial charge in [-0.25, -0.2) is 0 Å². The minimum Gasteiger partial charge on any atom is -0.300 e. The van der Waals surface area contributed by atoms with Gasteiger partial charge in [0.2, 0.25) is 0 Å². The van der Waals surface area contributed by atoms with E-state index in [0.717, 1.165) is 12.5 Å². The second kappa shape index (κ2) is 8.33. The number of hydrogen-bond acceptors (Lipinski definition) is 2. The highest BCUT2D eigenvalue weighted by atomic mass is 16.1. The smallest absolute Gasteiger partial charge is 0.126 e. The predicted octanol–water partition coefficient (Wildman–Crippen LogP) is 4.54. The summed E-state index contributed by atoms with van der Waals surface area (Å²) in [7, 11) is 0. The van der Waals surface area contributed by atoms with E-state index in [2.05, 4.69) is 56.0 Å². The number of rotatable bonds is 2. The van der Waals surface area contributed by atoms with Crippen molar-refractivity contribution in [3.8, 4) is 0 Å². The number of benzene rings is 1. The van der Waals surface area contributed by atoms with Gasteiger partial charge in [0.15, 0.2) is 0 Å². The van der Waals surface area contributed by atoms with Crippen molar-refractivity contribution in [2.45, 2.75) is 54.0 Å². The van der Waals surface area contributed by atoms with E-state index in [1.807, 2.05) is 0 Å². The van der Waals surface area contributed by atoms with Crippen LogP contribution in [-0.2, 0) is 11.3 Å². The van der Waals surface area contributed by atoms with Crippen molar-refractivity contribution in [1.29, 1.82) is 0 Å². The highest BCUT2D eigenvalue weighted by Gasteiger charge is 2.28. The maximum absolute atomic E-state index is 9.44. The van der Waals surface area contributed by atoms with E-state index in [4.69, 9.17) is 0 Å². The molecule has 0 N–H and O–H groups in total. The van der Waals surface area contributed by atoms with Gasteiger partial charge in [-0.2, -0.15) is 0 Å². The van der Waals surface area contributed by atoms with Gasteiger partial charge in [0, 0.05) is 6.54 Å². The Balaban J connectivity index is 0.000000491. The number of carbonyl (C=O) groups is 1. The molecule has 0 aliphatic carbocycles. The van der Waals surface area contributed by atoms with E-state index in [0.29, 0.717) is 5.41 Å². The Morgan fingerprint density at radius 3 is 2.00 bits per heavy atom. The van der Waals surface area contributed by atoms with Crippen LogP contribution < -0.4 is 0 Å². The van der Waals surface area contributed by atoms with Crippen LogP contribution in [0.25, 0.3) is 0 Å². The molecule has 0 spiro atoms. The maximum Gasteiger partial charge on any atom is 0.126 e. The zero-order chi connectivity index (χ0) is 15.9. The van der Waals surface area contributed by atoms with Crippen molar-refractivity contribution in [2.75, 3.05) is 13.1 Å². The molecule has 1 heterocycles. The molecule has 2 rings (SSSR count). The molecule has 2 heteroatoms. The van der Waals surface area contributed by atoms with E-state index >= 15 is 0 Å². The van der Waals surface area contributed by atoms with Gasteiger partial charge in [-0.15, -0.1) is 0 Å². The molecule has 1 fully saturated rings. The van der Waals surface area contributed by atoms with Crippen molar-refractivity contribution < 1.29 is 4.79 Å². The summed E-state index contributed by atoms with van der Waals surface area (Å²) in [4.78, 5) is 12.0. The Labute approximate surface area is 130 Å². The summed E-state index contributed by atoms with van der Waals surface area (Å²) >= 11 is 0. The van der Waals surface area contributed by atoms with Gasteiger partial charge in [0.1, 0.15) is 5.78 Å². The molecule has 1 aliphatic rings. The first-order chi connectivity index (χ1) is 9.79. The SMILES string of the molecule is CC(C)(C)C1CCN(Cc2ccccc2)CC1.CC(C)=O. The second-order valence-electron chi connectivity index (χ2n) is 7.31. The van der Waals surface area contributed by atoms with E-state index in [1.54, 1.807) is 0 Å². The summed E-state index contributed by atoms with van der Waals surface area (Å²) in [5.41, 5.74) is 1.93. The van der Waals surface area contributed by atoms with E-state index in [1.165, 1.54) is 45.3 Å². The number of hydrogen-bond donors (Lipinski definition) is 0. The van der Waals surface area contributed by atoms with E-state index < -0.39 is 0 Å². The number of carbonyl (C=O) groups excluding carboxylic acids is 1. The average molecular weight is 289 g/mol. The zero-order valence-electron chi connectivity index (χ0n) is 14.4. The van der Waals surface area contributed by atoms with Gasteiger partial charge in [0.25, 0.3) is 0 Å². The molecule has 2 nitrogen and oxygen atoms in total. The fourth-order valence-corrected chi connectivity index (χ4v) is 2.80. The number of nitrogens with zero attached hydrogens (tertiary/aromatic N) is 1. The van der Waals surface area contributed by atoms with Gasteiger partial charge in [-0.1, -0.05) is 51.1 Å². The van der Waals surface area contributed by atoms with Crippen molar-refractivity contribution in [3.05, 3.63) is 35.9 Å². The number of Topliss-reactive ketones (excluding diaryl/α,β-unsaturated/α-hetero) is 1. The molecule has 21 heavy (non-hydrogen) atoms. The maximum atomic E-state index is 9.44. The van der Waals surface area contributed by atoms with Gasteiger partial charge in [-0.3, -0.25) is 4.90 Å². The number of piperidine rings is 1. The van der Waals surface area contributed by atoms with Crippen LogP contribution in [0.1, 0.15) is 53.0 Å². The Hall–Kier alpha value is -1.15. The molecule has 1 aliphatic heterocycles. The second-order valence-corrected chi connectivity index (χ2v) is 7.31. The highest BCUT2D eigenvalue weighted by Crippen LogP contribution is 2.34. The summed E-state index contributed by atoms with van der Waals surface area (Å²) in [5, 5.41) is 0. The van der Waals surface area contributed by atoms with E-state index in [-0.39, 0.29) is 5.78 Å². The standard InChI is InChI=1S/C16H25N.C3H6O/c1-16(2,3)15-9-11-17(12-10-15)13-14-7-5-4-6-8-14;1-3(2)4/h4-8,15H,9-13H2,1-3H3;1-2H3. The predicted molar refractivity (Wildman–Crippen MR) is 90.3 cm³/mol. The molecule has 1 aromatic carbocycles. The third-order valence-electron chi connectivity index (χ3n) is 4.06. The Morgan fingerprint density at radius 2 is 1.57 bits per heavy atom. The van der Waals surface area contributed by atoms with Gasteiger partial charge < -0.3 is 4.79 Å². The van der Waals surface area contributed by atoms with Crippen LogP contribution in [0.4, 0.5) is 0 Å². The summed E-state index contributed by atoms with van der Waals surface area (Å²) in [5.74, 6) is 1.06. The molecular weight excluding hydrogens is 258 g/mol. The monoisotopic (exact) mass is 289 g/mol. The third kappa shape index (κ3) is 7.42. The fourth-order valence-electron chi connectivity index (χ4n) is 2.80. The minimum atomic E-state index is 0.167. The van der Waals surface area contributed by atoms with Crippen LogP contribution in [-0.4, -0.2) is 23.8 Å². The summed E-state index contributed by atoms with van der Waals surface area (Å²) in [6.07, 6.45) is 2.71. The van der Waals surface area contributed by atoms with Crippen LogP contribution in [0.3, 0.4) is 0 Å². The van der Waals surface area contributed by atoms with Crippen LogP contribution in [0, 0.1) is 11.3 Å². The van der Waals surface area contributed by atoms with Crippen LogP contribution >= 0.6 is 0 Å². The summed E-state index contributed by atoms with van der Waals surface area (Å²) < 4.78 is 0. The van der Waals surface area contributed by atoms with Crippen LogP contribution in [0.15, 0.2) is 30.3 Å². The van der Waals surface area contributed by atoms with Crippen molar-refractivity contribution in [2.24, 2.45) is 11.3 Å². The zero-order valence-corrected chi connectivity index (χ0v) is 14.4. The lowest BCUT2D eigenvalue weighted by atomic mass is 9.75. The lowest BCUT2D eigenvalue weighted by molar-refractivity contribution is -0.114. The highest BCUT2D eigenvalue weighted by molar-refractivity contribution is 5.72. The molecule has 118 valence electrons. The third-order valence-corrected chi connectivity index (χ3v) is 4.06. The minimum absolute atomic E-state index is 0.167. The van der Waals surface area contributed by atoms with Crippen LogP contribution in [0.5, 0.6) is 0 Å². The lowest BCUT2D eigenvalue weighted by Crippen LogP contribution is -2.37. The van der Waals surface area contributed by atoms with E-state index in [9.17, 15) is 4.79 Å². The van der Waals surface area contributed by atoms with Crippen molar-refractivity contribution in [3.63, 3.8) is 0 Å². The summed E-state index contributed by atoms with van der Waals surface area (Å²) in [6.45, 7) is 13.8. The lowest BCUT2D eigenvalue weighted by Gasteiger charge is -2.38. The molecule has 0 atom stereocenters. The first-order valence-electron chi connectivity index (χ1n) is 8.02. The summed E-state index contributed by atoms with van der Waals surface area (Å²) in [6, 6.07) is 10.8. The molecule has 0 aromatic heterocycles. The number of likely N-dealkylation sites (tertiary alicyclic amines) is 1. The average Bonchev–Trinajstić information content (AvgIpc) is 2.39. The molecule has 0 saturated carbocycles. The fraction of sp³-hybridized carbons (Fsp3) is 0.632. The van der Waals surface area contributed by atoms with Crippen LogP contribution in [0.2, 0.25) is 0 Å². The van der Waals surface area contributed by atoms with Gasteiger partial charge in [-0.05, 0) is 56.7 Å². The molecule has 0 bridgehead atoms. The first-order valence-corrected chi connectivity index (χ1v) is 8.02. The Kier molecular flexibility index (Phi) is 7.10. The molecule has 0 amide bonds. The first kappa shape index (κ1) is 17.9. The quantitative estimate of drug-likeness (QED) is 0.796. The van der Waals surface area contributed by atoms with Crippen molar-refractivity contribution in [1.82, 2.24) is 4.90 Å². The largest absolute Gasteiger partial charge is 0.300 e. The Bertz CT molecular complexity index is 407. The molecule has 0 radical (unpaired) electrons. The van der Waals surface area contributed by atoms with Gasteiger partial charge >= 0.3 is 0 Å². The molecular formula is C19H31NO. The van der Waals surface area contributed by atoms with Gasteiger partial charge in [0.05, 0.1) is 0 Å². The topological polar surface area (TPSA) is 20.3 Å². The Morgan fingerprint density at radius 1 is 1.10 bits per heavy atom. The molecule has 0 unspecified atom stereocenters. The van der Waals surface area contributed by atoms with Crippen molar-refractivity contribution >= 4 is 5.78 Å². The molecule has 1 aromatic rings. The number of ketones is 1.